The topological polar surface area (TPSA) is 80.2 Å². The molecule has 0 saturated carbocycles. The molecule has 0 radical (unpaired) electrons. The first-order chi connectivity index (χ1) is 5.88. The lowest BCUT2D eigenvalue weighted by atomic mass is 10.3. The minimum Gasteiger partial charge on any atom is -0.378 e. The molecule has 0 aromatic carbocycles. The molecular weight excluding hydrogens is 158 g/mol. The van der Waals surface area contributed by atoms with E-state index in [0.717, 1.165) is 26.2 Å². The van der Waals surface area contributed by atoms with Crippen molar-refractivity contribution in [2.45, 2.75) is 0 Å². The Balaban J connectivity index is 2.13. The predicted octanol–water partition coefficient (Wildman–Crippen LogP) is -0.939. The average Bonchev–Trinajstić information content (AvgIpc) is 2.53. The zero-order valence-corrected chi connectivity index (χ0v) is 6.66. The molecule has 1 fully saturated rings. The molecule has 66 valence electrons. The van der Waals surface area contributed by atoms with E-state index in [9.17, 15) is 0 Å². The van der Waals surface area contributed by atoms with Gasteiger partial charge in [-0.05, 0) is 10.3 Å². The van der Waals surface area contributed by atoms with Crippen molar-refractivity contribution in [2.75, 3.05) is 36.8 Å². The Labute approximate surface area is 69.7 Å². The van der Waals surface area contributed by atoms with Gasteiger partial charge in [0.25, 0.3) is 0 Å². The number of nitrogens with two attached hydrogens (primary N) is 1. The van der Waals surface area contributed by atoms with Gasteiger partial charge in [0.05, 0.1) is 0 Å². The van der Waals surface area contributed by atoms with E-state index in [1.54, 1.807) is 0 Å². The maximum absolute atomic E-state index is 5.54. The van der Waals surface area contributed by atoms with Gasteiger partial charge in [-0.15, -0.1) is 0 Å². The van der Waals surface area contributed by atoms with Crippen molar-refractivity contribution in [1.29, 1.82) is 0 Å². The first-order valence-corrected chi connectivity index (χ1v) is 3.91. The zero-order chi connectivity index (χ0) is 8.39. The fourth-order valence-electron chi connectivity index (χ4n) is 1.29. The van der Waals surface area contributed by atoms with Gasteiger partial charge in [0.1, 0.15) is 0 Å². The third-order valence-corrected chi connectivity index (χ3v) is 1.91. The molecule has 6 heteroatoms. The first-order valence-electron chi connectivity index (χ1n) is 3.91. The standard InChI is InChI=1S/C6H11N5O/c7-5-6(10-12-9-5)11-3-1-8-2-4-11/h8H,1-4H2,(H2,7,9). The Morgan fingerprint density at radius 2 is 2.08 bits per heavy atom. The molecule has 3 N–H and O–H groups in total. The van der Waals surface area contributed by atoms with E-state index in [2.05, 4.69) is 25.2 Å². The third kappa shape index (κ3) is 1.20. The number of piperazine rings is 1. The summed E-state index contributed by atoms with van der Waals surface area (Å²) in [6.07, 6.45) is 0. The maximum atomic E-state index is 5.54. The Morgan fingerprint density at radius 1 is 1.33 bits per heavy atom. The van der Waals surface area contributed by atoms with E-state index in [1.165, 1.54) is 0 Å². The zero-order valence-electron chi connectivity index (χ0n) is 6.66. The minimum absolute atomic E-state index is 0.372. The normalized spacial score (nSPS) is 18.2. The van der Waals surface area contributed by atoms with Crippen molar-refractivity contribution in [3.63, 3.8) is 0 Å². The minimum atomic E-state index is 0.372. The molecule has 12 heavy (non-hydrogen) atoms. The van der Waals surface area contributed by atoms with Crippen LogP contribution in [0.15, 0.2) is 4.63 Å². The van der Waals surface area contributed by atoms with Gasteiger partial charge >= 0.3 is 0 Å². The van der Waals surface area contributed by atoms with Crippen molar-refractivity contribution in [3.05, 3.63) is 0 Å². The first kappa shape index (κ1) is 7.35. The number of aromatic nitrogens is 2. The van der Waals surface area contributed by atoms with Crippen LogP contribution >= 0.6 is 0 Å². The molecule has 1 aliphatic rings. The third-order valence-electron chi connectivity index (χ3n) is 1.91. The second-order valence-electron chi connectivity index (χ2n) is 2.71. The van der Waals surface area contributed by atoms with E-state index in [-0.39, 0.29) is 0 Å². The fourth-order valence-corrected chi connectivity index (χ4v) is 1.29. The Kier molecular flexibility index (Phi) is 1.83. The van der Waals surface area contributed by atoms with Crippen molar-refractivity contribution in [1.82, 2.24) is 15.6 Å². The molecule has 1 aromatic heterocycles. The summed E-state index contributed by atoms with van der Waals surface area (Å²) >= 11 is 0. The molecule has 0 atom stereocenters. The lowest BCUT2D eigenvalue weighted by Gasteiger charge is -2.26. The Morgan fingerprint density at radius 3 is 2.67 bits per heavy atom. The van der Waals surface area contributed by atoms with E-state index < -0.39 is 0 Å². The van der Waals surface area contributed by atoms with Crippen LogP contribution in [0.1, 0.15) is 0 Å². The van der Waals surface area contributed by atoms with Crippen molar-refractivity contribution in [2.24, 2.45) is 0 Å². The largest absolute Gasteiger partial charge is 0.378 e. The van der Waals surface area contributed by atoms with Crippen LogP contribution < -0.4 is 16.0 Å². The number of nitrogens with zero attached hydrogens (tertiary/aromatic N) is 3. The summed E-state index contributed by atoms with van der Waals surface area (Å²) in [6, 6.07) is 0. The summed E-state index contributed by atoms with van der Waals surface area (Å²) in [5, 5.41) is 10.5. The molecule has 1 aromatic rings. The van der Waals surface area contributed by atoms with Crippen molar-refractivity contribution >= 4 is 11.6 Å². The highest BCUT2D eigenvalue weighted by Gasteiger charge is 2.16. The van der Waals surface area contributed by atoms with Crippen LogP contribution in [-0.4, -0.2) is 36.5 Å². The second-order valence-corrected chi connectivity index (χ2v) is 2.71. The highest BCUT2D eigenvalue weighted by atomic mass is 16.6. The lowest BCUT2D eigenvalue weighted by Crippen LogP contribution is -2.43. The summed E-state index contributed by atoms with van der Waals surface area (Å²) in [4.78, 5) is 2.06. The highest BCUT2D eigenvalue weighted by Crippen LogP contribution is 2.17. The van der Waals surface area contributed by atoms with E-state index >= 15 is 0 Å². The molecule has 0 bridgehead atoms. The van der Waals surface area contributed by atoms with Crippen LogP contribution in [0.2, 0.25) is 0 Å². The van der Waals surface area contributed by atoms with Gasteiger partial charge in [-0.2, -0.15) is 0 Å². The number of anilines is 2. The molecule has 2 rings (SSSR count). The van der Waals surface area contributed by atoms with Crippen molar-refractivity contribution < 1.29 is 4.63 Å². The molecule has 0 aliphatic carbocycles. The van der Waals surface area contributed by atoms with Gasteiger partial charge in [-0.3, -0.25) is 0 Å². The van der Waals surface area contributed by atoms with E-state index in [4.69, 9.17) is 5.73 Å². The summed E-state index contributed by atoms with van der Waals surface area (Å²) in [5.41, 5.74) is 5.54. The summed E-state index contributed by atoms with van der Waals surface area (Å²) in [7, 11) is 0. The summed E-state index contributed by atoms with van der Waals surface area (Å²) in [5.74, 6) is 1.04. The maximum Gasteiger partial charge on any atom is 0.217 e. The Bertz CT molecular complexity index is 254. The number of hydrogen-bond donors (Lipinski definition) is 2. The molecule has 0 unspecified atom stereocenters. The summed E-state index contributed by atoms with van der Waals surface area (Å²) in [6.45, 7) is 3.70. The second kappa shape index (κ2) is 2.98. The monoisotopic (exact) mass is 169 g/mol. The molecule has 0 amide bonds. The highest BCUT2D eigenvalue weighted by molar-refractivity contribution is 5.56. The fraction of sp³-hybridized carbons (Fsp3) is 0.667. The number of rotatable bonds is 1. The Hall–Kier alpha value is -1.30. The van der Waals surface area contributed by atoms with Crippen LogP contribution in [0, 0.1) is 0 Å². The van der Waals surface area contributed by atoms with Gasteiger partial charge in [-0.25, -0.2) is 4.63 Å². The van der Waals surface area contributed by atoms with Crippen LogP contribution in [0.5, 0.6) is 0 Å². The number of hydrogen-bond acceptors (Lipinski definition) is 6. The molecule has 1 saturated heterocycles. The predicted molar refractivity (Wildman–Crippen MR) is 43.8 cm³/mol. The molecule has 1 aliphatic heterocycles. The van der Waals surface area contributed by atoms with Crippen LogP contribution in [0.3, 0.4) is 0 Å². The van der Waals surface area contributed by atoms with Crippen LogP contribution in [-0.2, 0) is 0 Å². The quantitative estimate of drug-likeness (QED) is 0.565. The molecule has 6 nitrogen and oxygen atoms in total. The van der Waals surface area contributed by atoms with E-state index in [0.29, 0.717) is 11.6 Å². The molecule has 2 heterocycles. The van der Waals surface area contributed by atoms with E-state index in [1.807, 2.05) is 0 Å². The van der Waals surface area contributed by atoms with Gasteiger partial charge in [-0.1, -0.05) is 0 Å². The average molecular weight is 169 g/mol. The van der Waals surface area contributed by atoms with Crippen LogP contribution in [0.4, 0.5) is 11.6 Å². The lowest BCUT2D eigenvalue weighted by molar-refractivity contribution is 0.308. The smallest absolute Gasteiger partial charge is 0.217 e. The summed E-state index contributed by atoms with van der Waals surface area (Å²) < 4.78 is 4.51. The number of nitrogens with one attached hydrogen (secondary N) is 1. The van der Waals surface area contributed by atoms with Gasteiger partial charge < -0.3 is 16.0 Å². The number of nitrogen functional groups attached to an aromatic ring is 1. The molecular formula is C6H11N5O. The van der Waals surface area contributed by atoms with Crippen LogP contribution in [0.25, 0.3) is 0 Å². The SMILES string of the molecule is Nc1nonc1N1CCNCC1. The van der Waals surface area contributed by atoms with Gasteiger partial charge in [0.2, 0.25) is 11.6 Å². The van der Waals surface area contributed by atoms with Crippen molar-refractivity contribution in [3.8, 4) is 0 Å². The van der Waals surface area contributed by atoms with Gasteiger partial charge in [0, 0.05) is 26.2 Å². The molecule has 0 spiro atoms. The van der Waals surface area contributed by atoms with Gasteiger partial charge in [0.15, 0.2) is 0 Å².